The third-order valence-electron chi connectivity index (χ3n) is 3.07. The minimum absolute atomic E-state index is 0.226. The second kappa shape index (κ2) is 1.74. The number of anilines is 1. The summed E-state index contributed by atoms with van der Waals surface area (Å²) in [4.78, 5) is 0. The molecule has 2 atom stereocenters. The van der Waals surface area contributed by atoms with Crippen LogP contribution < -0.4 is 5.32 Å². The Bertz CT molecular complexity index is 356. The predicted octanol–water partition coefficient (Wildman–Crippen LogP) is 2.52. The van der Waals surface area contributed by atoms with Crippen LogP contribution >= 0.6 is 0 Å². The molecule has 0 amide bonds. The molecule has 0 aromatic heterocycles. The molecule has 1 heteroatoms. The summed E-state index contributed by atoms with van der Waals surface area (Å²) in [5.74, 6) is 0.700. The maximum atomic E-state index is 3.88. The van der Waals surface area contributed by atoms with Crippen molar-refractivity contribution in [3.8, 4) is 0 Å². The molecule has 1 aromatic carbocycles. The van der Waals surface area contributed by atoms with E-state index in [0.29, 0.717) is 5.92 Å². The van der Waals surface area contributed by atoms with Crippen molar-refractivity contribution in [2.45, 2.75) is 17.9 Å². The predicted molar refractivity (Wildman–Crippen MR) is 50.4 cm³/mol. The molecule has 1 aliphatic heterocycles. The number of benzene rings is 1. The molecule has 60 valence electrons. The van der Waals surface area contributed by atoms with Gasteiger partial charge in [0.25, 0.3) is 0 Å². The summed E-state index contributed by atoms with van der Waals surface area (Å²) in [5.41, 5.74) is 3.00. The summed E-state index contributed by atoms with van der Waals surface area (Å²) in [5, 5.41) is 3.52. The van der Waals surface area contributed by atoms with Crippen LogP contribution in [-0.2, 0) is 0 Å². The van der Waals surface area contributed by atoms with E-state index < -0.39 is 0 Å². The normalized spacial score (nSPS) is 34.8. The summed E-state index contributed by atoms with van der Waals surface area (Å²) in [6, 6.07) is 8.55. The zero-order valence-electron chi connectivity index (χ0n) is 6.88. The fraction of sp³-hybridized carbons (Fsp3) is 0.273. The Labute approximate surface area is 72.1 Å². The molecule has 2 aliphatic rings. The molecule has 12 heavy (non-hydrogen) atoms. The van der Waals surface area contributed by atoms with Crippen molar-refractivity contribution < 1.29 is 0 Å². The van der Waals surface area contributed by atoms with Crippen molar-refractivity contribution in [1.29, 1.82) is 0 Å². The van der Waals surface area contributed by atoms with Crippen molar-refractivity contribution in [3.63, 3.8) is 0 Å². The Morgan fingerprint density at radius 3 is 3.08 bits per heavy atom. The summed E-state index contributed by atoms with van der Waals surface area (Å²) in [7, 11) is 0. The monoisotopic (exact) mass is 157 g/mol. The van der Waals surface area contributed by atoms with Gasteiger partial charge < -0.3 is 5.32 Å². The van der Waals surface area contributed by atoms with Crippen LogP contribution in [0, 0.1) is 0 Å². The molecule has 1 N–H and O–H groups in total. The minimum atomic E-state index is 0.226. The highest BCUT2D eigenvalue weighted by molar-refractivity contribution is 5.68. The van der Waals surface area contributed by atoms with Gasteiger partial charge in [-0.15, -0.1) is 6.58 Å². The SMILES string of the molecule is C=CC12CC1c1ccccc1N2. The fourth-order valence-electron chi connectivity index (χ4n) is 2.25. The molecule has 1 aromatic rings. The molecule has 0 spiro atoms. The lowest BCUT2D eigenvalue weighted by Gasteiger charge is -2.08. The quantitative estimate of drug-likeness (QED) is 0.618. The average molecular weight is 157 g/mol. The van der Waals surface area contributed by atoms with Crippen molar-refractivity contribution in [2.24, 2.45) is 0 Å². The maximum Gasteiger partial charge on any atom is 0.0630 e. The number of hydrogen-bond acceptors (Lipinski definition) is 1. The number of hydrogen-bond donors (Lipinski definition) is 1. The van der Waals surface area contributed by atoms with Crippen LogP contribution in [0.1, 0.15) is 17.9 Å². The van der Waals surface area contributed by atoms with E-state index in [4.69, 9.17) is 0 Å². The van der Waals surface area contributed by atoms with Crippen molar-refractivity contribution in [2.75, 3.05) is 5.32 Å². The highest BCUT2D eigenvalue weighted by Gasteiger charge is 2.57. The van der Waals surface area contributed by atoms with Crippen molar-refractivity contribution >= 4 is 5.69 Å². The van der Waals surface area contributed by atoms with Gasteiger partial charge in [-0.05, 0) is 18.1 Å². The molecular weight excluding hydrogens is 146 g/mol. The van der Waals surface area contributed by atoms with Crippen LogP contribution in [0.2, 0.25) is 0 Å². The first-order chi connectivity index (χ1) is 5.86. The van der Waals surface area contributed by atoms with Crippen LogP contribution in [0.4, 0.5) is 5.69 Å². The Morgan fingerprint density at radius 2 is 2.33 bits per heavy atom. The van der Waals surface area contributed by atoms with Gasteiger partial charge in [0.2, 0.25) is 0 Å². The van der Waals surface area contributed by atoms with Gasteiger partial charge >= 0.3 is 0 Å². The molecule has 0 radical (unpaired) electrons. The van der Waals surface area contributed by atoms with Crippen LogP contribution in [0.5, 0.6) is 0 Å². The Morgan fingerprint density at radius 1 is 1.50 bits per heavy atom. The number of fused-ring (bicyclic) bond motifs is 3. The second-order valence-electron chi connectivity index (χ2n) is 3.71. The lowest BCUT2D eigenvalue weighted by Crippen LogP contribution is -2.14. The average Bonchev–Trinajstić information content (AvgIpc) is 2.75. The van der Waals surface area contributed by atoms with Gasteiger partial charge in [0, 0.05) is 11.6 Å². The molecular formula is C11H11N. The standard InChI is InChI=1S/C11H11N/c1-2-11-7-9(11)8-5-3-4-6-10(8)12-11/h2-6,9,12H,1,7H2. The first-order valence-electron chi connectivity index (χ1n) is 4.36. The molecule has 1 saturated carbocycles. The van der Waals surface area contributed by atoms with E-state index in [1.54, 1.807) is 0 Å². The van der Waals surface area contributed by atoms with Crippen LogP contribution in [0.3, 0.4) is 0 Å². The molecule has 1 fully saturated rings. The zero-order valence-corrected chi connectivity index (χ0v) is 6.88. The molecule has 3 rings (SSSR count). The van der Waals surface area contributed by atoms with Crippen molar-refractivity contribution in [1.82, 2.24) is 0 Å². The summed E-state index contributed by atoms with van der Waals surface area (Å²) < 4.78 is 0. The van der Waals surface area contributed by atoms with Crippen LogP contribution in [-0.4, -0.2) is 5.54 Å². The van der Waals surface area contributed by atoms with Gasteiger partial charge in [0.1, 0.15) is 0 Å². The third-order valence-corrected chi connectivity index (χ3v) is 3.07. The van der Waals surface area contributed by atoms with E-state index >= 15 is 0 Å². The molecule has 0 bridgehead atoms. The van der Waals surface area contributed by atoms with E-state index in [9.17, 15) is 0 Å². The topological polar surface area (TPSA) is 12.0 Å². The molecule has 1 aliphatic carbocycles. The fourth-order valence-corrected chi connectivity index (χ4v) is 2.25. The second-order valence-corrected chi connectivity index (χ2v) is 3.71. The van der Waals surface area contributed by atoms with Gasteiger partial charge in [-0.2, -0.15) is 0 Å². The van der Waals surface area contributed by atoms with Gasteiger partial charge in [0.05, 0.1) is 5.54 Å². The highest BCUT2D eigenvalue weighted by atomic mass is 15.1. The number of rotatable bonds is 1. The third kappa shape index (κ3) is 0.558. The lowest BCUT2D eigenvalue weighted by molar-refractivity contribution is 0.930. The molecule has 0 saturated heterocycles. The molecule has 1 heterocycles. The maximum absolute atomic E-state index is 3.88. The van der Waals surface area contributed by atoms with Crippen molar-refractivity contribution in [3.05, 3.63) is 42.5 Å². The van der Waals surface area contributed by atoms with Gasteiger partial charge in [-0.3, -0.25) is 0 Å². The Hall–Kier alpha value is -1.24. The smallest absolute Gasteiger partial charge is 0.0630 e. The number of para-hydroxylation sites is 1. The van der Waals surface area contributed by atoms with Gasteiger partial charge in [-0.1, -0.05) is 24.3 Å². The Balaban J connectivity index is 2.13. The Kier molecular flexibility index (Phi) is 0.912. The van der Waals surface area contributed by atoms with Crippen LogP contribution in [0.25, 0.3) is 0 Å². The summed E-state index contributed by atoms with van der Waals surface area (Å²) >= 11 is 0. The summed E-state index contributed by atoms with van der Waals surface area (Å²) in [6.45, 7) is 3.88. The first kappa shape index (κ1) is 6.30. The zero-order chi connectivity index (χ0) is 8.18. The minimum Gasteiger partial charge on any atom is -0.375 e. The summed E-state index contributed by atoms with van der Waals surface area (Å²) in [6.07, 6.45) is 3.28. The highest BCUT2D eigenvalue weighted by Crippen LogP contribution is 2.60. The van der Waals surface area contributed by atoms with E-state index in [1.807, 2.05) is 0 Å². The number of nitrogens with one attached hydrogen (secondary N) is 1. The van der Waals surface area contributed by atoms with E-state index in [2.05, 4.69) is 42.2 Å². The molecule has 2 unspecified atom stereocenters. The molecule has 1 nitrogen and oxygen atoms in total. The van der Waals surface area contributed by atoms with E-state index in [1.165, 1.54) is 17.7 Å². The van der Waals surface area contributed by atoms with Gasteiger partial charge in [-0.25, -0.2) is 0 Å². The van der Waals surface area contributed by atoms with Crippen LogP contribution in [0.15, 0.2) is 36.9 Å². The van der Waals surface area contributed by atoms with Gasteiger partial charge in [0.15, 0.2) is 0 Å². The van der Waals surface area contributed by atoms with E-state index in [-0.39, 0.29) is 5.54 Å². The lowest BCUT2D eigenvalue weighted by atomic mass is 10.1. The van der Waals surface area contributed by atoms with E-state index in [0.717, 1.165) is 0 Å². The first-order valence-corrected chi connectivity index (χ1v) is 4.36. The largest absolute Gasteiger partial charge is 0.375 e.